The fraction of sp³-hybridized carbons (Fsp3) is 0.353. The molecule has 0 atom stereocenters. The van der Waals surface area contributed by atoms with E-state index in [9.17, 15) is 4.79 Å². The van der Waals surface area contributed by atoms with Crippen molar-refractivity contribution in [3.8, 4) is 0 Å². The summed E-state index contributed by atoms with van der Waals surface area (Å²) in [7, 11) is 3.32. The lowest BCUT2D eigenvalue weighted by atomic mass is 10.1. The van der Waals surface area contributed by atoms with E-state index in [4.69, 9.17) is 4.42 Å². The summed E-state index contributed by atoms with van der Waals surface area (Å²) in [5, 5.41) is 8.96. The van der Waals surface area contributed by atoms with Gasteiger partial charge in [0.1, 0.15) is 5.76 Å². The number of nitrogens with zero attached hydrogens (tertiary/aromatic N) is 2. The van der Waals surface area contributed by atoms with E-state index in [1.165, 1.54) is 0 Å². The predicted molar refractivity (Wildman–Crippen MR) is 92.8 cm³/mol. The lowest BCUT2D eigenvalue weighted by Gasteiger charge is -2.11. The van der Waals surface area contributed by atoms with Crippen molar-refractivity contribution >= 4 is 11.9 Å². The molecule has 0 saturated carbocycles. The Hall–Kier alpha value is -2.83. The lowest BCUT2D eigenvalue weighted by Crippen LogP contribution is -2.36. The number of benzene rings is 1. The second-order valence-electron chi connectivity index (χ2n) is 5.30. The molecule has 128 valence electrons. The molecule has 0 aliphatic carbocycles. The van der Waals surface area contributed by atoms with Crippen LogP contribution in [0, 0.1) is 13.8 Å². The van der Waals surface area contributed by atoms with E-state index in [0.29, 0.717) is 30.5 Å². The van der Waals surface area contributed by atoms with Crippen LogP contribution in [0.5, 0.6) is 0 Å². The third-order valence-corrected chi connectivity index (χ3v) is 3.61. The number of carbonyl (C=O) groups excluding carboxylic acids is 1. The van der Waals surface area contributed by atoms with Crippen LogP contribution in [0.2, 0.25) is 0 Å². The molecule has 1 aromatic heterocycles. The fourth-order valence-electron chi connectivity index (χ4n) is 2.10. The predicted octanol–water partition coefficient (Wildman–Crippen LogP) is 1.52. The van der Waals surface area contributed by atoms with E-state index in [1.807, 2.05) is 26.0 Å². The van der Waals surface area contributed by atoms with E-state index >= 15 is 0 Å². The Labute approximate surface area is 141 Å². The van der Waals surface area contributed by atoms with Gasteiger partial charge in [-0.2, -0.15) is 0 Å². The molecular formula is C17H23N5O2. The maximum Gasteiger partial charge on any atom is 0.251 e. The van der Waals surface area contributed by atoms with Gasteiger partial charge in [0.2, 0.25) is 5.89 Å². The van der Waals surface area contributed by atoms with Crippen molar-refractivity contribution in [2.75, 3.05) is 14.1 Å². The molecule has 7 nitrogen and oxygen atoms in total. The van der Waals surface area contributed by atoms with Crippen molar-refractivity contribution in [2.45, 2.75) is 26.9 Å². The smallest absolute Gasteiger partial charge is 0.251 e. The standard InChI is InChI=1S/C17H23N5O2/c1-11-12(2)24-15(22-11)10-21-17(19-4)20-9-13-5-7-14(8-6-13)16(23)18-3/h5-8H,9-10H2,1-4H3,(H,18,23)(H2,19,20,21). The molecule has 0 aliphatic rings. The SMILES string of the molecule is CN=C(NCc1ccc(C(=O)NC)cc1)NCc1nc(C)c(C)o1. The van der Waals surface area contributed by atoms with Gasteiger partial charge in [-0.15, -0.1) is 0 Å². The number of guanidine groups is 1. The molecule has 3 N–H and O–H groups in total. The summed E-state index contributed by atoms with van der Waals surface area (Å²) in [6, 6.07) is 7.41. The van der Waals surface area contributed by atoms with Crippen molar-refractivity contribution in [3.05, 3.63) is 52.7 Å². The number of carbonyl (C=O) groups is 1. The van der Waals surface area contributed by atoms with Crippen molar-refractivity contribution < 1.29 is 9.21 Å². The van der Waals surface area contributed by atoms with Gasteiger partial charge in [-0.05, 0) is 31.5 Å². The number of amides is 1. The number of nitrogens with one attached hydrogen (secondary N) is 3. The first-order valence-corrected chi connectivity index (χ1v) is 7.72. The van der Waals surface area contributed by atoms with Crippen LogP contribution < -0.4 is 16.0 Å². The molecule has 0 fully saturated rings. The third kappa shape index (κ3) is 4.58. The van der Waals surface area contributed by atoms with Gasteiger partial charge in [0.15, 0.2) is 5.96 Å². The van der Waals surface area contributed by atoms with Crippen LogP contribution in [0.1, 0.15) is 33.3 Å². The summed E-state index contributed by atoms with van der Waals surface area (Å²) in [6.07, 6.45) is 0. The number of hydrogen-bond donors (Lipinski definition) is 3. The maximum absolute atomic E-state index is 11.5. The van der Waals surface area contributed by atoms with Crippen molar-refractivity contribution in [2.24, 2.45) is 4.99 Å². The van der Waals surface area contributed by atoms with Crippen LogP contribution in [0.25, 0.3) is 0 Å². The summed E-state index contributed by atoms with van der Waals surface area (Å²) < 4.78 is 5.52. The lowest BCUT2D eigenvalue weighted by molar-refractivity contribution is 0.0963. The highest BCUT2D eigenvalue weighted by atomic mass is 16.4. The van der Waals surface area contributed by atoms with E-state index < -0.39 is 0 Å². The summed E-state index contributed by atoms with van der Waals surface area (Å²) in [5.41, 5.74) is 2.58. The highest BCUT2D eigenvalue weighted by molar-refractivity contribution is 5.93. The molecule has 1 heterocycles. The quantitative estimate of drug-likeness (QED) is 0.571. The molecule has 1 aromatic carbocycles. The Morgan fingerprint density at radius 1 is 1.17 bits per heavy atom. The minimum Gasteiger partial charge on any atom is -0.444 e. The number of aliphatic imine (C=N–C) groups is 1. The summed E-state index contributed by atoms with van der Waals surface area (Å²) in [6.45, 7) is 4.86. The van der Waals surface area contributed by atoms with Crippen molar-refractivity contribution in [3.63, 3.8) is 0 Å². The molecule has 1 amide bonds. The Morgan fingerprint density at radius 3 is 2.38 bits per heavy atom. The van der Waals surface area contributed by atoms with Crippen molar-refractivity contribution in [1.29, 1.82) is 0 Å². The minimum absolute atomic E-state index is 0.0940. The van der Waals surface area contributed by atoms with Gasteiger partial charge in [0.25, 0.3) is 5.91 Å². The van der Waals surface area contributed by atoms with Crippen LogP contribution in [0.4, 0.5) is 0 Å². The average Bonchev–Trinajstić information content (AvgIpc) is 2.93. The maximum atomic E-state index is 11.5. The largest absolute Gasteiger partial charge is 0.444 e. The zero-order valence-corrected chi connectivity index (χ0v) is 14.4. The summed E-state index contributed by atoms with van der Waals surface area (Å²) >= 11 is 0. The normalized spacial score (nSPS) is 11.2. The van der Waals surface area contributed by atoms with Crippen LogP contribution in [0.15, 0.2) is 33.7 Å². The zero-order chi connectivity index (χ0) is 17.5. The van der Waals surface area contributed by atoms with Gasteiger partial charge in [0, 0.05) is 26.2 Å². The molecule has 0 radical (unpaired) electrons. The second kappa shape index (κ2) is 8.14. The molecule has 24 heavy (non-hydrogen) atoms. The number of aryl methyl sites for hydroxylation is 2. The number of aromatic nitrogens is 1. The van der Waals surface area contributed by atoms with E-state index in [0.717, 1.165) is 17.0 Å². The molecule has 7 heteroatoms. The van der Waals surface area contributed by atoms with Gasteiger partial charge in [0.05, 0.1) is 12.2 Å². The molecule has 0 bridgehead atoms. The fourth-order valence-corrected chi connectivity index (χ4v) is 2.10. The Morgan fingerprint density at radius 2 is 1.83 bits per heavy atom. The van der Waals surface area contributed by atoms with E-state index in [2.05, 4.69) is 25.9 Å². The molecule has 0 saturated heterocycles. The highest BCUT2D eigenvalue weighted by Gasteiger charge is 2.07. The summed E-state index contributed by atoms with van der Waals surface area (Å²) in [5.74, 6) is 2.01. The van der Waals surface area contributed by atoms with Crippen LogP contribution in [0.3, 0.4) is 0 Å². The van der Waals surface area contributed by atoms with Gasteiger partial charge in [-0.3, -0.25) is 9.79 Å². The Balaban J connectivity index is 1.86. The average molecular weight is 329 g/mol. The monoisotopic (exact) mass is 329 g/mol. The van der Waals surface area contributed by atoms with Gasteiger partial charge in [-0.1, -0.05) is 12.1 Å². The number of oxazole rings is 1. The summed E-state index contributed by atoms with van der Waals surface area (Å²) in [4.78, 5) is 20.0. The molecule has 0 unspecified atom stereocenters. The molecule has 2 rings (SSSR count). The number of hydrogen-bond acceptors (Lipinski definition) is 4. The minimum atomic E-state index is -0.0940. The first kappa shape index (κ1) is 17.5. The number of rotatable bonds is 5. The first-order valence-electron chi connectivity index (χ1n) is 7.72. The van der Waals surface area contributed by atoms with E-state index in [-0.39, 0.29) is 5.91 Å². The van der Waals surface area contributed by atoms with Gasteiger partial charge < -0.3 is 20.4 Å². The highest BCUT2D eigenvalue weighted by Crippen LogP contribution is 2.07. The Kier molecular flexibility index (Phi) is 5.95. The van der Waals surface area contributed by atoms with Gasteiger partial charge in [-0.25, -0.2) is 4.98 Å². The molecule has 0 spiro atoms. The topological polar surface area (TPSA) is 91.5 Å². The van der Waals surface area contributed by atoms with Gasteiger partial charge >= 0.3 is 0 Å². The first-order chi connectivity index (χ1) is 11.5. The van der Waals surface area contributed by atoms with Crippen molar-refractivity contribution in [1.82, 2.24) is 20.9 Å². The van der Waals surface area contributed by atoms with E-state index in [1.54, 1.807) is 26.2 Å². The van der Waals surface area contributed by atoms with Crippen LogP contribution in [-0.2, 0) is 13.1 Å². The molecule has 0 aliphatic heterocycles. The third-order valence-electron chi connectivity index (χ3n) is 3.61. The molecule has 2 aromatic rings. The Bertz CT molecular complexity index is 700. The zero-order valence-electron chi connectivity index (χ0n) is 14.4. The second-order valence-corrected chi connectivity index (χ2v) is 5.30. The van der Waals surface area contributed by atoms with Crippen LogP contribution >= 0.6 is 0 Å². The van der Waals surface area contributed by atoms with Crippen LogP contribution in [-0.4, -0.2) is 30.9 Å². The molecular weight excluding hydrogens is 306 g/mol.